The molecule has 2 aliphatic rings. The van der Waals surface area contributed by atoms with Crippen molar-refractivity contribution in [2.75, 3.05) is 22.9 Å². The molecule has 0 aromatic heterocycles. The Labute approximate surface area is 480 Å². The maximum atomic E-state index is 12.8. The number of anilines is 2. The molecular formula is C60H69BrCl2N6O10. The number of halogens is 3. The number of rotatable bonds is 18. The van der Waals surface area contributed by atoms with E-state index < -0.39 is 41.8 Å². The second kappa shape index (κ2) is 30.5. The number of para-hydroxylation sites is 2. The van der Waals surface area contributed by atoms with Gasteiger partial charge in [-0.2, -0.15) is 0 Å². The highest BCUT2D eigenvalue weighted by atomic mass is 79.9. The van der Waals surface area contributed by atoms with Gasteiger partial charge in [-0.3, -0.25) is 28.8 Å². The van der Waals surface area contributed by atoms with Crippen LogP contribution in [0.3, 0.4) is 0 Å². The van der Waals surface area contributed by atoms with Crippen molar-refractivity contribution in [1.29, 1.82) is 0 Å². The third-order valence-electron chi connectivity index (χ3n) is 11.9. The van der Waals surface area contributed by atoms with E-state index >= 15 is 0 Å². The molecule has 2 aliphatic heterocycles. The van der Waals surface area contributed by atoms with Crippen LogP contribution in [0.2, 0.25) is 10.0 Å². The van der Waals surface area contributed by atoms with Crippen molar-refractivity contribution in [3.63, 3.8) is 0 Å². The van der Waals surface area contributed by atoms with Crippen molar-refractivity contribution in [1.82, 2.24) is 10.6 Å². The Morgan fingerprint density at radius 3 is 1.39 bits per heavy atom. The largest absolute Gasteiger partial charge is 0.508 e. The minimum atomic E-state index is -0.935. The molecule has 2 heterocycles. The Balaban J connectivity index is 0.000000282. The summed E-state index contributed by atoms with van der Waals surface area (Å²) in [6, 6.07) is 40.1. The highest BCUT2D eigenvalue weighted by Gasteiger charge is 2.34. The SMILES string of the molecule is C.C.CC(C)Oc1ccc(C(=O)N[C@@H](Cc2ccc(O)cc2)C(N)=O)cc1Cl.CC(C)Oc1ccc(C(=O)N[C@@H](Cc2ccc(OC3CCN(c4ccccc4)C3=O)cc2)C(N)=O)cc1Cl.O=C1C(Br)CCN1c1ccccc1. The van der Waals surface area contributed by atoms with Gasteiger partial charge < -0.3 is 51.2 Å². The van der Waals surface area contributed by atoms with Gasteiger partial charge in [0.1, 0.15) is 35.1 Å². The zero-order valence-electron chi connectivity index (χ0n) is 42.9. The van der Waals surface area contributed by atoms with Crippen LogP contribution in [0.25, 0.3) is 0 Å². The van der Waals surface area contributed by atoms with Gasteiger partial charge in [0.25, 0.3) is 17.7 Å². The summed E-state index contributed by atoms with van der Waals surface area (Å²) >= 11 is 15.7. The van der Waals surface area contributed by atoms with Gasteiger partial charge in [-0.15, -0.1) is 0 Å². The lowest BCUT2D eigenvalue weighted by molar-refractivity contribution is -0.123. The van der Waals surface area contributed by atoms with Crippen LogP contribution in [0.5, 0.6) is 23.0 Å². The van der Waals surface area contributed by atoms with Crippen LogP contribution in [0.1, 0.15) is 87.2 Å². The van der Waals surface area contributed by atoms with E-state index in [1.165, 1.54) is 24.3 Å². The number of alkyl halides is 1. The molecule has 0 spiro atoms. The van der Waals surface area contributed by atoms with Gasteiger partial charge in [-0.1, -0.05) is 115 Å². The van der Waals surface area contributed by atoms with E-state index in [1.807, 2.05) is 93.3 Å². The first-order valence-electron chi connectivity index (χ1n) is 24.8. The van der Waals surface area contributed by atoms with E-state index in [0.717, 1.165) is 35.5 Å². The Morgan fingerprint density at radius 2 is 1.01 bits per heavy atom. The molecule has 4 atom stereocenters. The molecule has 6 amide bonds. The smallest absolute Gasteiger partial charge is 0.268 e. The molecule has 0 bridgehead atoms. The molecule has 2 saturated heterocycles. The fraction of sp³-hybridized carbons (Fsp3) is 0.300. The van der Waals surface area contributed by atoms with Crippen LogP contribution in [-0.2, 0) is 32.0 Å². The number of nitrogens with one attached hydrogen (secondary N) is 2. The van der Waals surface area contributed by atoms with Crippen LogP contribution >= 0.6 is 39.1 Å². The molecule has 2 unspecified atom stereocenters. The molecular weight excluding hydrogens is 1120 g/mol. The molecule has 6 aromatic rings. The second-order valence-corrected chi connectivity index (χ2v) is 20.4. The van der Waals surface area contributed by atoms with Crippen LogP contribution < -0.4 is 46.1 Å². The normalized spacial score (nSPS) is 15.2. The number of hydrogen-bond acceptors (Lipinski definition) is 10. The number of benzene rings is 6. The number of nitrogens with two attached hydrogens (primary N) is 2. The highest BCUT2D eigenvalue weighted by Crippen LogP contribution is 2.29. The molecule has 0 saturated carbocycles. The molecule has 0 aliphatic carbocycles. The van der Waals surface area contributed by atoms with Crippen LogP contribution in [0, 0.1) is 0 Å². The quantitative estimate of drug-likeness (QED) is 0.0511. The van der Waals surface area contributed by atoms with Crippen molar-refractivity contribution >= 4 is 85.9 Å². The van der Waals surface area contributed by atoms with Gasteiger partial charge in [0.2, 0.25) is 17.7 Å². The van der Waals surface area contributed by atoms with E-state index in [-0.39, 0.29) is 67.9 Å². The molecule has 16 nitrogen and oxygen atoms in total. The van der Waals surface area contributed by atoms with Crippen LogP contribution in [0.4, 0.5) is 11.4 Å². The summed E-state index contributed by atoms with van der Waals surface area (Å²) in [7, 11) is 0. The predicted octanol–water partition coefficient (Wildman–Crippen LogP) is 10.3. The fourth-order valence-electron chi connectivity index (χ4n) is 8.02. The van der Waals surface area contributed by atoms with Crippen molar-refractivity contribution in [3.05, 3.63) is 178 Å². The molecule has 420 valence electrons. The van der Waals surface area contributed by atoms with Gasteiger partial charge >= 0.3 is 0 Å². The summed E-state index contributed by atoms with van der Waals surface area (Å²) in [5, 5.41) is 15.2. The number of carbonyl (C=O) groups is 6. The number of primary amides is 2. The Hall–Kier alpha value is -7.60. The fourth-order valence-corrected chi connectivity index (χ4v) is 8.92. The van der Waals surface area contributed by atoms with Crippen molar-refractivity contribution < 1.29 is 48.1 Å². The number of ether oxygens (including phenoxy) is 3. The Morgan fingerprint density at radius 1 is 0.608 bits per heavy atom. The number of nitrogens with zero attached hydrogens (tertiary/aromatic N) is 2. The maximum Gasteiger partial charge on any atom is 0.268 e. The number of amides is 6. The van der Waals surface area contributed by atoms with Crippen LogP contribution in [0.15, 0.2) is 146 Å². The van der Waals surface area contributed by atoms with E-state index in [1.54, 1.807) is 65.6 Å². The lowest BCUT2D eigenvalue weighted by atomic mass is 10.0. The third kappa shape index (κ3) is 18.8. The average Bonchev–Trinajstić information content (AvgIpc) is 3.95. The van der Waals surface area contributed by atoms with Gasteiger partial charge in [-0.25, -0.2) is 0 Å². The predicted molar refractivity (Wildman–Crippen MR) is 315 cm³/mol. The molecule has 2 fully saturated rings. The van der Waals surface area contributed by atoms with Gasteiger partial charge in [0, 0.05) is 54.9 Å². The Bertz CT molecular complexity index is 2990. The summed E-state index contributed by atoms with van der Waals surface area (Å²) < 4.78 is 17.1. The van der Waals surface area contributed by atoms with Gasteiger partial charge in [0.05, 0.1) is 27.1 Å². The number of aromatic hydroxyl groups is 1. The summed E-state index contributed by atoms with van der Waals surface area (Å²) in [5.41, 5.74) is 14.9. The van der Waals surface area contributed by atoms with Crippen molar-refractivity contribution in [3.8, 4) is 23.0 Å². The molecule has 6 aromatic carbocycles. The highest BCUT2D eigenvalue weighted by molar-refractivity contribution is 9.10. The van der Waals surface area contributed by atoms with Crippen molar-refractivity contribution in [2.45, 2.75) is 103 Å². The third-order valence-corrected chi connectivity index (χ3v) is 13.3. The first-order valence-corrected chi connectivity index (χ1v) is 26.5. The van der Waals surface area contributed by atoms with E-state index in [4.69, 9.17) is 48.9 Å². The van der Waals surface area contributed by atoms with E-state index in [0.29, 0.717) is 45.8 Å². The van der Waals surface area contributed by atoms with Gasteiger partial charge in [0.15, 0.2) is 6.10 Å². The van der Waals surface area contributed by atoms with Crippen molar-refractivity contribution in [2.24, 2.45) is 11.5 Å². The van der Waals surface area contributed by atoms with Gasteiger partial charge in [-0.05, 0) is 130 Å². The summed E-state index contributed by atoms with van der Waals surface area (Å²) in [6.45, 7) is 8.90. The number of hydrogen-bond donors (Lipinski definition) is 5. The molecule has 0 radical (unpaired) electrons. The monoisotopic (exact) mass is 1180 g/mol. The second-order valence-electron chi connectivity index (χ2n) is 18.5. The first-order chi connectivity index (χ1) is 36.8. The molecule has 8 rings (SSSR count). The number of carbonyl (C=O) groups excluding carboxylic acids is 6. The zero-order chi connectivity index (χ0) is 55.8. The van der Waals surface area contributed by atoms with E-state index in [9.17, 15) is 33.9 Å². The first kappa shape index (κ1) is 63.9. The molecule has 19 heteroatoms. The average molecular weight is 1190 g/mol. The van der Waals surface area contributed by atoms with E-state index in [2.05, 4.69) is 26.6 Å². The topological polar surface area (TPSA) is 233 Å². The summed E-state index contributed by atoms with van der Waals surface area (Å²) in [5.74, 6) is -0.564. The maximum absolute atomic E-state index is 12.8. The molecule has 7 N–H and O–H groups in total. The van der Waals surface area contributed by atoms with Crippen LogP contribution in [-0.4, -0.2) is 88.9 Å². The zero-order valence-corrected chi connectivity index (χ0v) is 46.0. The minimum absolute atomic E-state index is 0. The Kier molecular flexibility index (Phi) is 24.7. The minimum Gasteiger partial charge on any atom is -0.508 e. The standard InChI is InChI=1S/C29H30ClN3O5.C19H21ClN2O4.C10H10BrNO.2CH4/c1-18(2)37-25-13-10-20(17-23(25)30)28(35)32-24(27(31)34)16-19-8-11-22(12-9-19)38-26-14-15-33(29(26)36)21-6-4-3-5-7-21;1-11(2)26-17-8-5-13(10-15(17)20)19(25)22-16(18(21)24)9-12-3-6-14(23)7-4-12;11-9-6-7-12(10(9)13)8-4-2-1-3-5-8;;/h3-13,17-18,24,26H,14-16H2,1-2H3,(H2,31,34)(H,32,35);3-8,10-11,16,23H,9H2,1-2H3,(H2,21,24)(H,22,25);1-5,9H,6-7H2;2*1H4/t24-,26?;16-;;;/m00.../s1. The lowest BCUT2D eigenvalue weighted by Crippen LogP contribution is -2.45. The summed E-state index contributed by atoms with van der Waals surface area (Å²) in [6.07, 6.45) is 1.20. The number of phenolic OH excluding ortho intramolecular Hbond substituents is 1. The molecule has 79 heavy (non-hydrogen) atoms. The summed E-state index contributed by atoms with van der Waals surface area (Å²) in [4.78, 5) is 76.9. The lowest BCUT2D eigenvalue weighted by Gasteiger charge is -2.18. The number of phenols is 1.